The first kappa shape index (κ1) is 26.2. The van der Waals surface area contributed by atoms with Crippen molar-refractivity contribution in [2.75, 3.05) is 7.11 Å². The lowest BCUT2D eigenvalue weighted by Gasteiger charge is -2.18. The van der Waals surface area contributed by atoms with Crippen LogP contribution in [0.25, 0.3) is 11.2 Å². The number of hydrogen-bond donors (Lipinski definition) is 2. The number of amides is 1. The number of nitrogens with one attached hydrogen (secondary N) is 2. The van der Waals surface area contributed by atoms with Crippen molar-refractivity contribution in [3.8, 4) is 5.75 Å². The van der Waals surface area contributed by atoms with Crippen LogP contribution in [0.3, 0.4) is 0 Å². The Morgan fingerprint density at radius 1 is 1.14 bits per heavy atom. The van der Waals surface area contributed by atoms with Crippen LogP contribution in [0.1, 0.15) is 75.9 Å². The number of fused-ring (bicyclic) bond motifs is 1. The Kier molecular flexibility index (Phi) is 8.89. The number of aromatic amines is 1. The van der Waals surface area contributed by atoms with Crippen molar-refractivity contribution in [3.05, 3.63) is 56.0 Å². The molecule has 0 bridgehead atoms. The zero-order valence-corrected chi connectivity index (χ0v) is 21.4. The Labute approximate surface area is 205 Å². The minimum atomic E-state index is -0.443. The van der Waals surface area contributed by atoms with Crippen molar-refractivity contribution >= 4 is 17.1 Å². The molecule has 0 fully saturated rings. The molecule has 9 heteroatoms. The number of unbranched alkanes of at least 4 members (excludes halogenated alkanes) is 2. The van der Waals surface area contributed by atoms with Crippen LogP contribution in [0.15, 0.2) is 27.8 Å². The predicted molar refractivity (Wildman–Crippen MR) is 137 cm³/mol. The molecule has 2 N–H and O–H groups in total. The summed E-state index contributed by atoms with van der Waals surface area (Å²) in [5, 5.41) is 3.05. The number of benzene rings is 1. The second-order valence-electron chi connectivity index (χ2n) is 9.00. The van der Waals surface area contributed by atoms with Crippen molar-refractivity contribution in [3.63, 3.8) is 0 Å². The number of carbonyl (C=O) groups excluding carboxylic acids is 1. The Balaban J connectivity index is 1.85. The van der Waals surface area contributed by atoms with Gasteiger partial charge in [-0.2, -0.15) is 0 Å². The van der Waals surface area contributed by atoms with E-state index in [0.717, 1.165) is 42.6 Å². The first-order valence-electron chi connectivity index (χ1n) is 12.5. The van der Waals surface area contributed by atoms with Gasteiger partial charge in [0.1, 0.15) is 11.6 Å². The highest BCUT2D eigenvalue weighted by molar-refractivity contribution is 5.77. The van der Waals surface area contributed by atoms with Gasteiger partial charge in [0.15, 0.2) is 11.2 Å². The van der Waals surface area contributed by atoms with E-state index in [-0.39, 0.29) is 18.4 Å². The fourth-order valence-electron chi connectivity index (χ4n) is 4.30. The average Bonchev–Trinajstić information content (AvgIpc) is 3.19. The highest BCUT2D eigenvalue weighted by atomic mass is 16.5. The molecule has 1 aromatic carbocycles. The largest absolute Gasteiger partial charge is 0.496 e. The molecule has 190 valence electrons. The molecule has 2 aromatic heterocycles. The van der Waals surface area contributed by atoms with Crippen LogP contribution in [0, 0.1) is 6.92 Å². The summed E-state index contributed by atoms with van der Waals surface area (Å²) in [5.74, 6) is 1.26. The second-order valence-corrected chi connectivity index (χ2v) is 9.00. The van der Waals surface area contributed by atoms with Gasteiger partial charge in [-0.05, 0) is 32.8 Å². The minimum Gasteiger partial charge on any atom is -0.496 e. The number of imidazole rings is 1. The summed E-state index contributed by atoms with van der Waals surface area (Å²) in [5.41, 5.74) is 1.94. The summed E-state index contributed by atoms with van der Waals surface area (Å²) < 4.78 is 8.87. The molecular weight excluding hydrogens is 446 g/mol. The molecule has 3 aromatic rings. The number of H-pyrrole nitrogens is 1. The minimum absolute atomic E-state index is 0.118. The number of nitrogens with zero attached hydrogens (tertiary/aromatic N) is 3. The first-order valence-corrected chi connectivity index (χ1v) is 12.5. The van der Waals surface area contributed by atoms with E-state index in [4.69, 9.17) is 9.72 Å². The molecule has 3 rings (SSSR count). The zero-order valence-electron chi connectivity index (χ0n) is 21.4. The number of hydrogen-bond acceptors (Lipinski definition) is 5. The van der Waals surface area contributed by atoms with E-state index in [1.54, 1.807) is 11.7 Å². The molecule has 0 aliphatic heterocycles. The maximum absolute atomic E-state index is 12.8. The number of carbonyl (C=O) groups is 1. The van der Waals surface area contributed by atoms with Crippen LogP contribution < -0.4 is 21.3 Å². The van der Waals surface area contributed by atoms with Gasteiger partial charge in [-0.1, -0.05) is 44.4 Å². The van der Waals surface area contributed by atoms with Gasteiger partial charge in [0, 0.05) is 31.5 Å². The molecule has 1 amide bonds. The SMILES string of the molecule is CCCCn1c(CCC(=O)NC(C)c2cc(C)ccc2OC)nc2c1c(=O)[nH]c(=O)n2CCCC. The molecular formula is C26H37N5O4. The molecule has 9 nitrogen and oxygen atoms in total. The van der Waals surface area contributed by atoms with Crippen molar-refractivity contribution in [2.24, 2.45) is 0 Å². The summed E-state index contributed by atoms with van der Waals surface area (Å²) in [6.07, 6.45) is 4.11. The summed E-state index contributed by atoms with van der Waals surface area (Å²) in [6, 6.07) is 5.66. The number of aromatic nitrogens is 4. The van der Waals surface area contributed by atoms with Gasteiger partial charge in [0.05, 0.1) is 13.2 Å². The smallest absolute Gasteiger partial charge is 0.330 e. The molecule has 1 atom stereocenters. The number of methoxy groups -OCH3 is 1. The Bertz CT molecular complexity index is 1290. The van der Waals surface area contributed by atoms with Crippen LogP contribution in [-0.4, -0.2) is 32.1 Å². The van der Waals surface area contributed by atoms with Gasteiger partial charge >= 0.3 is 5.69 Å². The fraction of sp³-hybridized carbons (Fsp3) is 0.538. The lowest BCUT2D eigenvalue weighted by Crippen LogP contribution is -2.31. The van der Waals surface area contributed by atoms with E-state index < -0.39 is 11.2 Å². The standard InChI is InChI=1S/C26H37N5O4/c1-6-8-14-30-21(28-24-23(30)25(33)29-26(34)31(24)15-9-7-2)12-13-22(32)27-18(4)19-16-17(3)10-11-20(19)35-5/h10-11,16,18H,6-9,12-15H2,1-5H3,(H,27,32)(H,29,33,34). The third kappa shape index (κ3) is 6.01. The van der Waals surface area contributed by atoms with E-state index in [2.05, 4.69) is 17.2 Å². The quantitative estimate of drug-likeness (QED) is 0.409. The van der Waals surface area contributed by atoms with Crippen molar-refractivity contribution < 1.29 is 9.53 Å². The van der Waals surface area contributed by atoms with Gasteiger partial charge in [-0.3, -0.25) is 19.1 Å². The van der Waals surface area contributed by atoms with E-state index >= 15 is 0 Å². The van der Waals surface area contributed by atoms with Crippen LogP contribution in [-0.2, 0) is 24.3 Å². The molecule has 0 radical (unpaired) electrons. The summed E-state index contributed by atoms with van der Waals surface area (Å²) >= 11 is 0. The van der Waals surface area contributed by atoms with E-state index in [9.17, 15) is 14.4 Å². The number of rotatable bonds is 12. The molecule has 0 spiro atoms. The van der Waals surface area contributed by atoms with Crippen LogP contribution in [0.5, 0.6) is 5.75 Å². The second kappa shape index (κ2) is 11.9. The highest BCUT2D eigenvalue weighted by Gasteiger charge is 2.20. The van der Waals surface area contributed by atoms with Crippen molar-refractivity contribution in [1.82, 2.24) is 24.4 Å². The Hall–Kier alpha value is -3.36. The predicted octanol–water partition coefficient (Wildman–Crippen LogP) is 3.61. The van der Waals surface area contributed by atoms with Gasteiger partial charge in [-0.15, -0.1) is 0 Å². The summed E-state index contributed by atoms with van der Waals surface area (Å²) in [4.78, 5) is 45.2. The van der Waals surface area contributed by atoms with Gasteiger partial charge in [0.2, 0.25) is 5.91 Å². The lowest BCUT2D eigenvalue weighted by molar-refractivity contribution is -0.121. The number of ether oxygens (including phenoxy) is 1. The van der Waals surface area contributed by atoms with E-state index in [0.29, 0.717) is 36.5 Å². The topological polar surface area (TPSA) is 111 Å². The number of aryl methyl sites for hydroxylation is 4. The van der Waals surface area contributed by atoms with Crippen molar-refractivity contribution in [1.29, 1.82) is 0 Å². The van der Waals surface area contributed by atoms with E-state index in [1.165, 1.54) is 0 Å². The molecule has 0 saturated carbocycles. The summed E-state index contributed by atoms with van der Waals surface area (Å²) in [6.45, 7) is 9.15. The lowest BCUT2D eigenvalue weighted by atomic mass is 10.0. The third-order valence-corrected chi connectivity index (χ3v) is 6.24. The monoisotopic (exact) mass is 483 g/mol. The highest BCUT2D eigenvalue weighted by Crippen LogP contribution is 2.26. The Morgan fingerprint density at radius 2 is 1.83 bits per heavy atom. The van der Waals surface area contributed by atoms with Gasteiger partial charge in [-0.25, -0.2) is 9.78 Å². The van der Waals surface area contributed by atoms with Gasteiger partial charge < -0.3 is 14.6 Å². The molecule has 2 heterocycles. The third-order valence-electron chi connectivity index (χ3n) is 6.24. The first-order chi connectivity index (χ1) is 16.8. The molecule has 0 saturated heterocycles. The molecule has 0 aliphatic carbocycles. The van der Waals surface area contributed by atoms with Gasteiger partial charge in [0.25, 0.3) is 5.56 Å². The Morgan fingerprint density at radius 3 is 2.49 bits per heavy atom. The van der Waals surface area contributed by atoms with Crippen LogP contribution in [0.2, 0.25) is 0 Å². The zero-order chi connectivity index (χ0) is 25.5. The maximum atomic E-state index is 12.8. The van der Waals surface area contributed by atoms with E-state index in [1.807, 2.05) is 43.5 Å². The van der Waals surface area contributed by atoms with Crippen molar-refractivity contribution in [2.45, 2.75) is 85.4 Å². The normalized spacial score (nSPS) is 12.1. The molecule has 0 aliphatic rings. The summed E-state index contributed by atoms with van der Waals surface area (Å²) in [7, 11) is 1.62. The fourth-order valence-corrected chi connectivity index (χ4v) is 4.30. The van der Waals surface area contributed by atoms with Crippen LogP contribution in [0.4, 0.5) is 0 Å². The van der Waals surface area contributed by atoms with Crippen LogP contribution >= 0.6 is 0 Å². The molecule has 1 unspecified atom stereocenters. The molecule has 35 heavy (non-hydrogen) atoms. The average molecular weight is 484 g/mol. The maximum Gasteiger partial charge on any atom is 0.330 e.